The van der Waals surface area contributed by atoms with E-state index in [1.165, 1.54) is 0 Å². The zero-order chi connectivity index (χ0) is 11.2. The van der Waals surface area contributed by atoms with Crippen LogP contribution in [0.2, 0.25) is 0 Å². The molecule has 2 N–H and O–H groups in total. The summed E-state index contributed by atoms with van der Waals surface area (Å²) >= 11 is 0. The Bertz CT molecular complexity index is 334. The lowest BCUT2D eigenvalue weighted by molar-refractivity contribution is -0.142. The minimum atomic E-state index is -0.135. The van der Waals surface area contributed by atoms with Gasteiger partial charge in [0.05, 0.1) is 13.0 Å². The number of hydrogen-bond acceptors (Lipinski definition) is 4. The van der Waals surface area contributed by atoms with E-state index in [1.54, 1.807) is 0 Å². The molecule has 2 aliphatic heterocycles. The molecule has 1 unspecified atom stereocenters. The van der Waals surface area contributed by atoms with E-state index in [4.69, 9.17) is 4.74 Å². The van der Waals surface area contributed by atoms with E-state index in [2.05, 4.69) is 10.6 Å². The van der Waals surface area contributed by atoms with Crippen molar-refractivity contribution >= 4 is 11.9 Å². The zero-order valence-corrected chi connectivity index (χ0v) is 9.12. The van der Waals surface area contributed by atoms with E-state index in [-0.39, 0.29) is 29.3 Å². The maximum atomic E-state index is 11.5. The number of amides is 1. The summed E-state index contributed by atoms with van der Waals surface area (Å²) in [5.74, 6) is 0.199. The fourth-order valence-electron chi connectivity index (χ4n) is 2.47. The molecule has 0 aromatic rings. The minimum Gasteiger partial charge on any atom is -0.460 e. The zero-order valence-electron chi connectivity index (χ0n) is 9.12. The summed E-state index contributed by atoms with van der Waals surface area (Å²) in [6.45, 7) is 2.12. The van der Waals surface area contributed by atoms with Gasteiger partial charge < -0.3 is 15.4 Å². The predicted molar refractivity (Wildman–Crippen MR) is 55.5 cm³/mol. The lowest BCUT2D eigenvalue weighted by Crippen LogP contribution is -2.60. The van der Waals surface area contributed by atoms with Crippen molar-refractivity contribution in [3.05, 3.63) is 0 Å². The van der Waals surface area contributed by atoms with E-state index < -0.39 is 0 Å². The molecule has 1 amide bonds. The number of nitrogens with one attached hydrogen (secondary N) is 2. The normalized spacial score (nSPS) is 31.0. The highest BCUT2D eigenvalue weighted by Gasteiger charge is 2.53. The summed E-state index contributed by atoms with van der Waals surface area (Å²) in [6, 6.07) is 0. The van der Waals surface area contributed by atoms with Gasteiger partial charge in [0, 0.05) is 24.4 Å². The Hall–Kier alpha value is -1.10. The van der Waals surface area contributed by atoms with Gasteiger partial charge in [-0.05, 0) is 12.8 Å². The summed E-state index contributed by atoms with van der Waals surface area (Å²) in [5.41, 5.74) is -0.0477. The average Bonchev–Trinajstić information content (AvgIpc) is 2.97. The third-order valence-corrected chi connectivity index (χ3v) is 3.82. The van der Waals surface area contributed by atoms with Crippen LogP contribution in [0.15, 0.2) is 0 Å². The maximum absolute atomic E-state index is 11.5. The SMILES string of the molecule is O=C1CC2(CNC2)C(CNC(=O)C2CC2)O1. The van der Waals surface area contributed by atoms with Crippen molar-refractivity contribution in [1.29, 1.82) is 0 Å². The molecule has 1 aliphatic carbocycles. The van der Waals surface area contributed by atoms with Gasteiger partial charge in [-0.2, -0.15) is 0 Å². The van der Waals surface area contributed by atoms with Gasteiger partial charge in [-0.3, -0.25) is 9.59 Å². The van der Waals surface area contributed by atoms with Gasteiger partial charge in [0.25, 0.3) is 0 Å². The third-order valence-electron chi connectivity index (χ3n) is 3.82. The Morgan fingerprint density at radius 3 is 2.81 bits per heavy atom. The maximum Gasteiger partial charge on any atom is 0.306 e. The second-order valence-electron chi connectivity index (χ2n) is 5.14. The van der Waals surface area contributed by atoms with Crippen LogP contribution in [-0.2, 0) is 14.3 Å². The molecule has 88 valence electrons. The van der Waals surface area contributed by atoms with E-state index in [1.807, 2.05) is 0 Å². The molecule has 2 heterocycles. The van der Waals surface area contributed by atoms with Crippen molar-refractivity contribution in [2.45, 2.75) is 25.4 Å². The highest BCUT2D eigenvalue weighted by molar-refractivity contribution is 5.81. The number of ether oxygens (including phenoxy) is 1. The summed E-state index contributed by atoms with van der Waals surface area (Å²) in [7, 11) is 0. The minimum absolute atomic E-state index is 0.0477. The van der Waals surface area contributed by atoms with Crippen LogP contribution in [0.4, 0.5) is 0 Å². The topological polar surface area (TPSA) is 67.4 Å². The Kier molecular flexibility index (Phi) is 2.17. The van der Waals surface area contributed by atoms with Crippen LogP contribution in [0.3, 0.4) is 0 Å². The first-order valence-corrected chi connectivity index (χ1v) is 5.88. The molecular weight excluding hydrogens is 208 g/mol. The summed E-state index contributed by atoms with van der Waals surface area (Å²) in [4.78, 5) is 22.8. The second kappa shape index (κ2) is 3.45. The van der Waals surface area contributed by atoms with Crippen molar-refractivity contribution < 1.29 is 14.3 Å². The van der Waals surface area contributed by atoms with Gasteiger partial charge in [0.15, 0.2) is 0 Å². The van der Waals surface area contributed by atoms with E-state index in [9.17, 15) is 9.59 Å². The summed E-state index contributed by atoms with van der Waals surface area (Å²) in [6.07, 6.45) is 2.36. The molecule has 16 heavy (non-hydrogen) atoms. The number of esters is 1. The van der Waals surface area contributed by atoms with Crippen LogP contribution >= 0.6 is 0 Å². The molecule has 0 aromatic carbocycles. The molecule has 3 rings (SSSR count). The van der Waals surface area contributed by atoms with Crippen LogP contribution in [0.5, 0.6) is 0 Å². The molecule has 3 aliphatic rings. The smallest absolute Gasteiger partial charge is 0.306 e. The van der Waals surface area contributed by atoms with Crippen molar-refractivity contribution in [2.75, 3.05) is 19.6 Å². The number of cyclic esters (lactones) is 1. The predicted octanol–water partition coefficient (Wildman–Crippen LogP) is -0.582. The first kappa shape index (κ1) is 10.1. The number of carbonyl (C=O) groups excluding carboxylic acids is 2. The molecular formula is C11H16N2O3. The molecule has 1 saturated carbocycles. The van der Waals surface area contributed by atoms with Crippen molar-refractivity contribution in [3.63, 3.8) is 0 Å². The quantitative estimate of drug-likeness (QED) is 0.629. The first-order valence-electron chi connectivity index (χ1n) is 5.88. The fourth-order valence-corrected chi connectivity index (χ4v) is 2.47. The molecule has 0 radical (unpaired) electrons. The van der Waals surface area contributed by atoms with Crippen LogP contribution in [0.25, 0.3) is 0 Å². The summed E-state index contributed by atoms with van der Waals surface area (Å²) < 4.78 is 5.28. The lowest BCUT2D eigenvalue weighted by atomic mass is 9.75. The van der Waals surface area contributed by atoms with Crippen LogP contribution in [0.1, 0.15) is 19.3 Å². The molecule has 2 saturated heterocycles. The molecule has 5 nitrogen and oxygen atoms in total. The van der Waals surface area contributed by atoms with Gasteiger partial charge in [-0.1, -0.05) is 0 Å². The Morgan fingerprint density at radius 1 is 1.50 bits per heavy atom. The van der Waals surface area contributed by atoms with Crippen LogP contribution in [-0.4, -0.2) is 37.6 Å². The molecule has 0 aromatic heterocycles. The number of carbonyl (C=O) groups is 2. The van der Waals surface area contributed by atoms with E-state index in [0.717, 1.165) is 25.9 Å². The Morgan fingerprint density at radius 2 is 2.25 bits per heavy atom. The summed E-state index contributed by atoms with van der Waals surface area (Å²) in [5, 5.41) is 6.06. The molecule has 1 spiro atoms. The van der Waals surface area contributed by atoms with Crippen molar-refractivity contribution in [1.82, 2.24) is 10.6 Å². The number of hydrogen-bond donors (Lipinski definition) is 2. The van der Waals surface area contributed by atoms with E-state index >= 15 is 0 Å². The average molecular weight is 224 g/mol. The monoisotopic (exact) mass is 224 g/mol. The Labute approximate surface area is 93.9 Å². The first-order chi connectivity index (χ1) is 7.70. The van der Waals surface area contributed by atoms with Crippen LogP contribution in [0, 0.1) is 11.3 Å². The van der Waals surface area contributed by atoms with Crippen molar-refractivity contribution in [3.8, 4) is 0 Å². The van der Waals surface area contributed by atoms with Gasteiger partial charge >= 0.3 is 5.97 Å². The van der Waals surface area contributed by atoms with Crippen molar-refractivity contribution in [2.24, 2.45) is 11.3 Å². The highest BCUT2D eigenvalue weighted by Crippen LogP contribution is 2.39. The number of rotatable bonds is 3. The van der Waals surface area contributed by atoms with Gasteiger partial charge in [0.1, 0.15) is 6.10 Å². The van der Waals surface area contributed by atoms with Gasteiger partial charge in [-0.15, -0.1) is 0 Å². The standard InChI is InChI=1S/C11H16N2O3/c14-9-3-11(5-12-6-11)8(16-9)4-13-10(15)7-1-2-7/h7-8,12H,1-6H2,(H,13,15). The van der Waals surface area contributed by atoms with Gasteiger partial charge in [0.2, 0.25) is 5.91 Å². The van der Waals surface area contributed by atoms with Gasteiger partial charge in [-0.25, -0.2) is 0 Å². The molecule has 3 fully saturated rings. The molecule has 0 bridgehead atoms. The van der Waals surface area contributed by atoms with Crippen LogP contribution < -0.4 is 10.6 Å². The Balaban J connectivity index is 1.56. The second-order valence-corrected chi connectivity index (χ2v) is 5.14. The lowest BCUT2D eigenvalue weighted by Gasteiger charge is -2.41. The molecule has 1 atom stereocenters. The van der Waals surface area contributed by atoms with E-state index in [0.29, 0.717) is 13.0 Å². The highest BCUT2D eigenvalue weighted by atomic mass is 16.6. The third kappa shape index (κ3) is 1.59. The molecule has 5 heteroatoms. The largest absolute Gasteiger partial charge is 0.460 e. The fraction of sp³-hybridized carbons (Fsp3) is 0.818.